The first kappa shape index (κ1) is 26.5. The normalized spacial score (nSPS) is 13.0. The summed E-state index contributed by atoms with van der Waals surface area (Å²) >= 11 is 7.29. The summed E-state index contributed by atoms with van der Waals surface area (Å²) in [5, 5.41) is 40.3. The van der Waals surface area contributed by atoms with Gasteiger partial charge in [-0.05, 0) is 42.0 Å². The summed E-state index contributed by atoms with van der Waals surface area (Å²) in [5.74, 6) is 1.80. The Morgan fingerprint density at radius 1 is 1.03 bits per heavy atom. The summed E-state index contributed by atoms with van der Waals surface area (Å²) < 4.78 is 11.1. The van der Waals surface area contributed by atoms with E-state index in [-0.39, 0.29) is 24.3 Å². The van der Waals surface area contributed by atoms with Gasteiger partial charge in [-0.2, -0.15) is 10.5 Å². The van der Waals surface area contributed by atoms with Gasteiger partial charge in [0, 0.05) is 35.0 Å². The number of nitriles is 2. The van der Waals surface area contributed by atoms with Gasteiger partial charge in [-0.3, -0.25) is 0 Å². The van der Waals surface area contributed by atoms with Gasteiger partial charge in [-0.25, -0.2) is 9.97 Å². The zero-order chi connectivity index (χ0) is 27.4. The van der Waals surface area contributed by atoms with Crippen molar-refractivity contribution in [2.75, 3.05) is 31.2 Å². The predicted molar refractivity (Wildman–Crippen MR) is 146 cm³/mol. The molecule has 0 saturated carbocycles. The summed E-state index contributed by atoms with van der Waals surface area (Å²) in [5.41, 5.74) is 3.09. The summed E-state index contributed by atoms with van der Waals surface area (Å²) in [7, 11) is 0. The van der Waals surface area contributed by atoms with E-state index < -0.39 is 6.10 Å². The van der Waals surface area contributed by atoms with E-state index in [4.69, 9.17) is 30.8 Å². The fourth-order valence-electron chi connectivity index (χ4n) is 4.13. The number of ether oxygens (including phenoxy) is 1. The molecule has 2 aromatic carbocycles. The van der Waals surface area contributed by atoms with Crippen LogP contribution in [0.5, 0.6) is 5.75 Å². The van der Waals surface area contributed by atoms with Gasteiger partial charge < -0.3 is 24.3 Å². The molecule has 0 radical (unpaired) electrons. The number of benzene rings is 2. The van der Waals surface area contributed by atoms with E-state index in [0.29, 0.717) is 63.2 Å². The Kier molecular flexibility index (Phi) is 8.01. The lowest BCUT2D eigenvalue weighted by Crippen LogP contribution is -2.51. The molecule has 5 rings (SSSR count). The van der Waals surface area contributed by atoms with Crippen molar-refractivity contribution < 1.29 is 19.4 Å². The molecule has 9 nitrogen and oxygen atoms in total. The molecule has 0 atom stereocenters. The minimum absolute atomic E-state index is 0.110. The number of aromatic nitrogens is 2. The van der Waals surface area contributed by atoms with E-state index in [1.165, 1.54) is 11.8 Å². The van der Waals surface area contributed by atoms with Crippen molar-refractivity contribution in [1.29, 1.82) is 10.5 Å². The molecule has 1 aliphatic rings. The molecule has 3 heterocycles. The second kappa shape index (κ2) is 11.8. The molecule has 11 heteroatoms. The molecule has 2 N–H and O–H groups in total. The third-order valence-corrected chi connectivity index (χ3v) is 7.29. The van der Waals surface area contributed by atoms with E-state index in [1.54, 1.807) is 42.7 Å². The van der Waals surface area contributed by atoms with Crippen LogP contribution in [0, 0.1) is 22.7 Å². The van der Waals surface area contributed by atoms with E-state index in [0.717, 1.165) is 5.56 Å². The maximum Gasteiger partial charge on any atom is 0.226 e. The number of hydrogen-bond acceptors (Lipinski definition) is 10. The number of hydrogen-bond donors (Lipinski definition) is 2. The molecule has 0 aliphatic carbocycles. The molecule has 39 heavy (non-hydrogen) atoms. The zero-order valence-electron chi connectivity index (χ0n) is 20.5. The average Bonchev–Trinajstić information content (AvgIpc) is 3.42. The maximum absolute atomic E-state index is 10.2. The van der Waals surface area contributed by atoms with Crippen LogP contribution >= 0.6 is 23.4 Å². The number of aliphatic hydroxyl groups is 2. The molecule has 2 aromatic heterocycles. The Bertz CT molecular complexity index is 1560. The van der Waals surface area contributed by atoms with Crippen LogP contribution < -0.4 is 9.64 Å². The summed E-state index contributed by atoms with van der Waals surface area (Å²) in [6, 6.07) is 18.6. The van der Waals surface area contributed by atoms with Gasteiger partial charge in [0.05, 0.1) is 24.0 Å². The van der Waals surface area contributed by atoms with Gasteiger partial charge >= 0.3 is 0 Å². The van der Waals surface area contributed by atoms with Crippen LogP contribution in [0.25, 0.3) is 22.6 Å². The van der Waals surface area contributed by atoms with Crippen LogP contribution in [0.1, 0.15) is 16.8 Å². The van der Waals surface area contributed by atoms with Crippen molar-refractivity contribution in [2.24, 2.45) is 0 Å². The van der Waals surface area contributed by atoms with Gasteiger partial charge in [0.15, 0.2) is 0 Å². The lowest BCUT2D eigenvalue weighted by atomic mass is 9.95. The third kappa shape index (κ3) is 5.70. The second-order valence-corrected chi connectivity index (χ2v) is 10.1. The molecule has 0 spiro atoms. The Morgan fingerprint density at radius 3 is 2.36 bits per heavy atom. The fourth-order valence-corrected chi connectivity index (χ4v) is 5.12. The Balaban J connectivity index is 1.50. The first-order chi connectivity index (χ1) is 19.0. The van der Waals surface area contributed by atoms with E-state index >= 15 is 0 Å². The molecule has 196 valence electrons. The van der Waals surface area contributed by atoms with Crippen LogP contribution in [-0.4, -0.2) is 52.6 Å². The van der Waals surface area contributed by atoms with Crippen LogP contribution in [0.15, 0.2) is 64.2 Å². The number of pyridine rings is 1. The SMILES string of the molecule is N#Cc1c(SCc2coc(-c3ccc(Cl)cc3)n2)nc(N2CC(O)C2)c(C#N)c1-c1ccc(OCCO)cc1. The van der Waals surface area contributed by atoms with Crippen LogP contribution in [0.2, 0.25) is 5.02 Å². The van der Waals surface area contributed by atoms with Gasteiger partial charge in [-0.15, -0.1) is 0 Å². The standard InChI is InChI=1S/C28H22ClN5O4S/c29-19-5-1-18(2-6-19)27-32-20(15-38-27)16-39-28-24(12-31)25(17-3-7-22(8-4-17)37-10-9-35)23(11-30)26(33-28)34-13-21(36)14-34/h1-8,15,21,35-36H,9-10,13-14,16H2. The van der Waals surface area contributed by atoms with E-state index in [9.17, 15) is 15.6 Å². The molecular formula is C28H22ClN5O4S. The maximum atomic E-state index is 10.2. The van der Waals surface area contributed by atoms with Crippen LogP contribution in [0.3, 0.4) is 0 Å². The highest BCUT2D eigenvalue weighted by atomic mass is 35.5. The first-order valence-electron chi connectivity index (χ1n) is 12.0. The summed E-state index contributed by atoms with van der Waals surface area (Å²) in [6.07, 6.45) is 1.06. The molecule has 0 amide bonds. The minimum atomic E-state index is -0.502. The topological polar surface area (TPSA) is 139 Å². The highest BCUT2D eigenvalue weighted by molar-refractivity contribution is 7.98. The number of halogens is 1. The summed E-state index contributed by atoms with van der Waals surface area (Å²) in [6.45, 7) is 0.741. The minimum Gasteiger partial charge on any atom is -0.491 e. The molecule has 0 bridgehead atoms. The van der Waals surface area contributed by atoms with Crippen molar-refractivity contribution in [3.8, 4) is 40.5 Å². The number of nitrogens with zero attached hydrogens (tertiary/aromatic N) is 5. The lowest BCUT2D eigenvalue weighted by molar-refractivity contribution is 0.141. The van der Waals surface area contributed by atoms with E-state index in [2.05, 4.69) is 17.1 Å². The van der Waals surface area contributed by atoms with Gasteiger partial charge in [-0.1, -0.05) is 35.5 Å². The number of rotatable bonds is 9. The largest absolute Gasteiger partial charge is 0.491 e. The van der Waals surface area contributed by atoms with Crippen LogP contribution in [0.4, 0.5) is 5.82 Å². The van der Waals surface area contributed by atoms with Gasteiger partial charge in [0.25, 0.3) is 0 Å². The molecular weight excluding hydrogens is 538 g/mol. The highest BCUT2D eigenvalue weighted by Crippen LogP contribution is 2.40. The van der Waals surface area contributed by atoms with Crippen molar-refractivity contribution in [3.63, 3.8) is 0 Å². The van der Waals surface area contributed by atoms with Crippen LogP contribution in [-0.2, 0) is 5.75 Å². The molecule has 1 fully saturated rings. The number of oxazole rings is 1. The molecule has 0 unspecified atom stereocenters. The number of aliphatic hydroxyl groups excluding tert-OH is 2. The van der Waals surface area contributed by atoms with Crippen molar-refractivity contribution in [1.82, 2.24) is 9.97 Å². The van der Waals surface area contributed by atoms with Gasteiger partial charge in [0.1, 0.15) is 47.2 Å². The number of thioether (sulfide) groups is 1. The summed E-state index contributed by atoms with van der Waals surface area (Å²) in [4.78, 5) is 11.1. The van der Waals surface area contributed by atoms with Crippen molar-refractivity contribution in [3.05, 3.63) is 76.6 Å². The first-order valence-corrected chi connectivity index (χ1v) is 13.4. The number of anilines is 1. The quantitative estimate of drug-likeness (QED) is 0.278. The monoisotopic (exact) mass is 559 g/mol. The zero-order valence-corrected chi connectivity index (χ0v) is 22.1. The molecule has 4 aromatic rings. The fraction of sp³-hybridized carbons (Fsp3) is 0.214. The Hall–Kier alpha value is -4.06. The van der Waals surface area contributed by atoms with E-state index in [1.807, 2.05) is 17.0 Å². The van der Waals surface area contributed by atoms with Gasteiger partial charge in [0.2, 0.25) is 5.89 Å². The second-order valence-electron chi connectivity index (χ2n) is 8.68. The number of β-amino-alcohol motifs (C(OH)–C–C–N with tert-alkyl or cyclic N) is 1. The van der Waals surface area contributed by atoms with Crippen molar-refractivity contribution >= 4 is 29.2 Å². The molecule has 1 aliphatic heterocycles. The highest BCUT2D eigenvalue weighted by Gasteiger charge is 2.31. The predicted octanol–water partition coefficient (Wildman–Crippen LogP) is 4.64. The Morgan fingerprint density at radius 2 is 1.72 bits per heavy atom. The van der Waals surface area contributed by atoms with Crippen molar-refractivity contribution in [2.45, 2.75) is 16.9 Å². The lowest BCUT2D eigenvalue weighted by Gasteiger charge is -2.37. The smallest absolute Gasteiger partial charge is 0.226 e. The average molecular weight is 560 g/mol. The third-order valence-electron chi connectivity index (χ3n) is 6.03. The Labute approximate surface area is 233 Å². The molecule has 1 saturated heterocycles.